The highest BCUT2D eigenvalue weighted by molar-refractivity contribution is 7.95. The minimum atomic E-state index is -3.79. The Bertz CT molecular complexity index is 1080. The van der Waals surface area contributed by atoms with Gasteiger partial charge < -0.3 is 4.52 Å². The Morgan fingerprint density at radius 3 is 2.61 bits per heavy atom. The molecule has 0 amide bonds. The third-order valence-corrected chi connectivity index (χ3v) is 8.94. The van der Waals surface area contributed by atoms with Crippen molar-refractivity contribution < 1.29 is 21.4 Å². The SMILES string of the molecule is Cc1cc(-c2cnc(C(C)C)nc2CN(C)S(=O)(=O)[C@H]2CCS(=O)(=O)C2)on1. The number of sulfonamides is 1. The summed E-state index contributed by atoms with van der Waals surface area (Å²) in [5.41, 5.74) is 1.74. The van der Waals surface area contributed by atoms with Gasteiger partial charge >= 0.3 is 0 Å². The van der Waals surface area contributed by atoms with Crippen molar-refractivity contribution in [2.75, 3.05) is 18.6 Å². The summed E-state index contributed by atoms with van der Waals surface area (Å²) in [6.45, 7) is 5.66. The maximum absolute atomic E-state index is 12.9. The van der Waals surface area contributed by atoms with Crippen molar-refractivity contribution in [3.05, 3.63) is 29.5 Å². The lowest BCUT2D eigenvalue weighted by atomic mass is 10.1. The van der Waals surface area contributed by atoms with E-state index in [-0.39, 0.29) is 30.4 Å². The first-order valence-electron chi connectivity index (χ1n) is 8.94. The van der Waals surface area contributed by atoms with E-state index < -0.39 is 25.1 Å². The van der Waals surface area contributed by atoms with E-state index in [1.165, 1.54) is 7.05 Å². The molecule has 0 spiro atoms. The molecule has 1 atom stereocenters. The predicted molar refractivity (Wildman–Crippen MR) is 104 cm³/mol. The molecule has 3 rings (SSSR count). The van der Waals surface area contributed by atoms with Crippen LogP contribution in [0.1, 0.15) is 43.4 Å². The van der Waals surface area contributed by atoms with Crippen molar-refractivity contribution in [2.24, 2.45) is 0 Å². The van der Waals surface area contributed by atoms with E-state index in [1.807, 2.05) is 13.8 Å². The van der Waals surface area contributed by atoms with Gasteiger partial charge in [0.2, 0.25) is 10.0 Å². The van der Waals surface area contributed by atoms with E-state index in [2.05, 4.69) is 15.1 Å². The summed E-state index contributed by atoms with van der Waals surface area (Å²) in [7, 11) is -5.66. The Hall–Kier alpha value is -1.85. The second-order valence-electron chi connectivity index (χ2n) is 7.40. The first-order chi connectivity index (χ1) is 13.0. The Morgan fingerprint density at radius 1 is 1.36 bits per heavy atom. The Labute approximate surface area is 165 Å². The van der Waals surface area contributed by atoms with Crippen LogP contribution in [0, 0.1) is 6.92 Å². The van der Waals surface area contributed by atoms with Crippen molar-refractivity contribution in [1.29, 1.82) is 0 Å². The van der Waals surface area contributed by atoms with Gasteiger partial charge in [0.1, 0.15) is 5.82 Å². The Balaban J connectivity index is 1.94. The van der Waals surface area contributed by atoms with Crippen LogP contribution in [-0.4, -0.2) is 60.1 Å². The molecule has 1 aliphatic heterocycles. The van der Waals surface area contributed by atoms with Gasteiger partial charge in [-0.1, -0.05) is 19.0 Å². The van der Waals surface area contributed by atoms with E-state index in [0.29, 0.717) is 28.5 Å². The summed E-state index contributed by atoms with van der Waals surface area (Å²) in [6, 6.07) is 1.73. The maximum Gasteiger partial charge on any atom is 0.218 e. The fraction of sp³-hybridized carbons (Fsp3) is 0.588. The first-order valence-corrected chi connectivity index (χ1v) is 12.3. The molecule has 9 nitrogen and oxygen atoms in total. The second kappa shape index (κ2) is 7.53. The highest BCUT2D eigenvalue weighted by Gasteiger charge is 2.39. The van der Waals surface area contributed by atoms with Gasteiger partial charge in [0, 0.05) is 25.2 Å². The standard InChI is InChI=1S/C17H24N4O5S2/c1-11(2)17-18-8-14(16-7-12(3)20-26-16)15(19-17)9-21(4)28(24,25)13-5-6-27(22,23)10-13/h7-8,11,13H,5-6,9-10H2,1-4H3/t13-/m0/s1. The molecule has 1 saturated heterocycles. The number of hydrogen-bond acceptors (Lipinski definition) is 8. The Kier molecular flexibility index (Phi) is 5.61. The molecule has 0 radical (unpaired) electrons. The summed E-state index contributed by atoms with van der Waals surface area (Å²) in [6.07, 6.45) is 1.72. The molecule has 0 bridgehead atoms. The molecular weight excluding hydrogens is 404 g/mol. The second-order valence-corrected chi connectivity index (χ2v) is 12.0. The average Bonchev–Trinajstić information content (AvgIpc) is 3.20. The Morgan fingerprint density at radius 2 is 2.07 bits per heavy atom. The number of nitrogens with zero attached hydrogens (tertiary/aromatic N) is 4. The monoisotopic (exact) mass is 428 g/mol. The molecule has 1 aliphatic rings. The summed E-state index contributed by atoms with van der Waals surface area (Å²) in [4.78, 5) is 8.89. The molecule has 0 unspecified atom stereocenters. The molecule has 154 valence electrons. The lowest BCUT2D eigenvalue weighted by Crippen LogP contribution is -2.36. The van der Waals surface area contributed by atoms with Crippen LogP contribution in [0.25, 0.3) is 11.3 Å². The highest BCUT2D eigenvalue weighted by atomic mass is 32.2. The van der Waals surface area contributed by atoms with Gasteiger partial charge in [0.15, 0.2) is 15.6 Å². The van der Waals surface area contributed by atoms with Crippen LogP contribution in [-0.2, 0) is 26.4 Å². The third-order valence-electron chi connectivity index (χ3n) is 4.71. The minimum Gasteiger partial charge on any atom is -0.356 e. The fourth-order valence-corrected chi connectivity index (χ4v) is 7.31. The molecular formula is C17H24N4O5S2. The highest BCUT2D eigenvalue weighted by Crippen LogP contribution is 2.27. The van der Waals surface area contributed by atoms with Crippen LogP contribution in [0.2, 0.25) is 0 Å². The maximum atomic E-state index is 12.9. The summed E-state index contributed by atoms with van der Waals surface area (Å²) < 4.78 is 55.6. The zero-order valence-electron chi connectivity index (χ0n) is 16.3. The molecule has 0 aliphatic carbocycles. The van der Waals surface area contributed by atoms with Crippen LogP contribution in [0.3, 0.4) is 0 Å². The number of hydrogen-bond donors (Lipinski definition) is 0. The van der Waals surface area contributed by atoms with Gasteiger partial charge in [-0.05, 0) is 13.3 Å². The van der Waals surface area contributed by atoms with Gasteiger partial charge in [-0.3, -0.25) is 0 Å². The van der Waals surface area contributed by atoms with Crippen molar-refractivity contribution in [2.45, 2.75) is 44.9 Å². The first kappa shape index (κ1) is 20.9. The van der Waals surface area contributed by atoms with Crippen LogP contribution in [0.15, 0.2) is 16.8 Å². The van der Waals surface area contributed by atoms with E-state index in [1.54, 1.807) is 19.2 Å². The van der Waals surface area contributed by atoms with E-state index >= 15 is 0 Å². The topological polar surface area (TPSA) is 123 Å². The zero-order valence-corrected chi connectivity index (χ0v) is 17.9. The summed E-state index contributed by atoms with van der Waals surface area (Å²) >= 11 is 0. The largest absolute Gasteiger partial charge is 0.356 e. The average molecular weight is 429 g/mol. The van der Waals surface area contributed by atoms with Crippen LogP contribution in [0.5, 0.6) is 0 Å². The molecule has 0 N–H and O–H groups in total. The summed E-state index contributed by atoms with van der Waals surface area (Å²) in [5, 5.41) is 2.94. The predicted octanol–water partition coefficient (Wildman–Crippen LogP) is 1.51. The van der Waals surface area contributed by atoms with Crippen LogP contribution < -0.4 is 0 Å². The molecule has 0 aromatic carbocycles. The lowest BCUT2D eigenvalue weighted by molar-refractivity contribution is 0.423. The molecule has 2 aromatic rings. The van der Waals surface area contributed by atoms with Gasteiger partial charge in [0.25, 0.3) is 0 Å². The number of sulfone groups is 1. The number of aryl methyl sites for hydroxylation is 1. The van der Waals surface area contributed by atoms with Gasteiger partial charge in [-0.2, -0.15) is 4.31 Å². The smallest absolute Gasteiger partial charge is 0.218 e. The lowest BCUT2D eigenvalue weighted by Gasteiger charge is -2.21. The van der Waals surface area contributed by atoms with E-state index in [0.717, 1.165) is 4.31 Å². The molecule has 1 fully saturated rings. The number of rotatable bonds is 6. The van der Waals surface area contributed by atoms with Crippen LogP contribution in [0.4, 0.5) is 0 Å². The zero-order chi connectivity index (χ0) is 20.7. The molecule has 28 heavy (non-hydrogen) atoms. The van der Waals surface area contributed by atoms with Gasteiger partial charge in [0.05, 0.1) is 40.3 Å². The van der Waals surface area contributed by atoms with Gasteiger partial charge in [-0.25, -0.2) is 26.8 Å². The minimum absolute atomic E-state index is 0.0177. The summed E-state index contributed by atoms with van der Waals surface area (Å²) in [5.74, 6) is 0.667. The van der Waals surface area contributed by atoms with Crippen molar-refractivity contribution in [3.63, 3.8) is 0 Å². The quantitative estimate of drug-likeness (QED) is 0.678. The van der Waals surface area contributed by atoms with Gasteiger partial charge in [-0.15, -0.1) is 0 Å². The molecule has 0 saturated carbocycles. The number of aromatic nitrogens is 3. The van der Waals surface area contributed by atoms with Crippen LogP contribution >= 0.6 is 0 Å². The van der Waals surface area contributed by atoms with E-state index in [9.17, 15) is 16.8 Å². The molecule has 3 heterocycles. The van der Waals surface area contributed by atoms with Crippen molar-refractivity contribution >= 4 is 19.9 Å². The van der Waals surface area contributed by atoms with Crippen molar-refractivity contribution in [3.8, 4) is 11.3 Å². The normalized spacial score (nSPS) is 19.6. The molecule has 2 aromatic heterocycles. The van der Waals surface area contributed by atoms with E-state index in [4.69, 9.17) is 4.52 Å². The van der Waals surface area contributed by atoms with Crippen molar-refractivity contribution in [1.82, 2.24) is 19.4 Å². The molecule has 11 heteroatoms. The fourth-order valence-electron chi connectivity index (χ4n) is 3.08. The third kappa shape index (κ3) is 4.26.